The first-order valence-electron chi connectivity index (χ1n) is 7.00. The highest BCUT2D eigenvalue weighted by Gasteiger charge is 2.28. The minimum absolute atomic E-state index is 0.0907. The first-order valence-corrected chi connectivity index (χ1v) is 7.00. The second-order valence-electron chi connectivity index (χ2n) is 5.68. The molecular formula is C14H29NO. The first-order chi connectivity index (χ1) is 7.65. The molecule has 0 aliphatic heterocycles. The maximum absolute atomic E-state index is 9.50. The summed E-state index contributed by atoms with van der Waals surface area (Å²) in [6.07, 6.45) is 7.98. The normalized spacial score (nSPS) is 22.3. The molecule has 0 heterocycles. The van der Waals surface area contributed by atoms with Gasteiger partial charge in [-0.15, -0.1) is 0 Å². The second-order valence-corrected chi connectivity index (χ2v) is 5.68. The zero-order valence-corrected chi connectivity index (χ0v) is 11.3. The fourth-order valence-electron chi connectivity index (χ4n) is 2.71. The Kier molecular flexibility index (Phi) is 5.77. The van der Waals surface area contributed by atoms with Gasteiger partial charge in [-0.2, -0.15) is 0 Å². The van der Waals surface area contributed by atoms with Crippen LogP contribution in [0.4, 0.5) is 0 Å². The van der Waals surface area contributed by atoms with E-state index in [9.17, 15) is 5.11 Å². The quantitative estimate of drug-likeness (QED) is 0.754. The summed E-state index contributed by atoms with van der Waals surface area (Å²) in [5.74, 6) is 0. The standard InChI is InChI=1S/C14H29NO/c1-4-14(3,12-16)11-15(5-2)13-9-7-6-8-10-13/h13,16H,4-12H2,1-3H3. The summed E-state index contributed by atoms with van der Waals surface area (Å²) in [6.45, 7) is 9.14. The van der Waals surface area contributed by atoms with Crippen LogP contribution < -0.4 is 0 Å². The summed E-state index contributed by atoms with van der Waals surface area (Å²) in [6, 6.07) is 0.774. The predicted octanol–water partition coefficient (Wildman–Crippen LogP) is 3.05. The van der Waals surface area contributed by atoms with Crippen molar-refractivity contribution < 1.29 is 5.11 Å². The summed E-state index contributed by atoms with van der Waals surface area (Å²) < 4.78 is 0. The molecule has 1 aliphatic rings. The Hall–Kier alpha value is -0.0800. The van der Waals surface area contributed by atoms with Crippen LogP contribution in [0.2, 0.25) is 0 Å². The number of hydrogen-bond donors (Lipinski definition) is 1. The highest BCUT2D eigenvalue weighted by molar-refractivity contribution is 4.82. The lowest BCUT2D eigenvalue weighted by molar-refractivity contribution is 0.0554. The Bertz CT molecular complexity index is 183. The van der Waals surface area contributed by atoms with Crippen LogP contribution >= 0.6 is 0 Å². The van der Waals surface area contributed by atoms with E-state index in [1.165, 1.54) is 32.1 Å². The van der Waals surface area contributed by atoms with Crippen molar-refractivity contribution >= 4 is 0 Å². The lowest BCUT2D eigenvalue weighted by atomic mass is 9.86. The minimum Gasteiger partial charge on any atom is -0.396 e. The maximum atomic E-state index is 9.50. The highest BCUT2D eigenvalue weighted by Crippen LogP contribution is 2.27. The van der Waals surface area contributed by atoms with Crippen molar-refractivity contribution in [1.82, 2.24) is 4.90 Å². The van der Waals surface area contributed by atoms with Gasteiger partial charge in [-0.1, -0.05) is 40.0 Å². The van der Waals surface area contributed by atoms with Crippen molar-refractivity contribution in [2.24, 2.45) is 5.41 Å². The number of nitrogens with zero attached hydrogens (tertiary/aromatic N) is 1. The fraction of sp³-hybridized carbons (Fsp3) is 1.00. The van der Waals surface area contributed by atoms with Crippen LogP contribution in [0.3, 0.4) is 0 Å². The lowest BCUT2D eigenvalue weighted by Crippen LogP contribution is -2.44. The molecule has 1 aliphatic carbocycles. The molecule has 0 spiro atoms. The zero-order chi connectivity index (χ0) is 12.0. The predicted molar refractivity (Wildman–Crippen MR) is 69.6 cm³/mol. The first kappa shape index (κ1) is 14.0. The Morgan fingerprint density at radius 1 is 1.19 bits per heavy atom. The molecule has 0 radical (unpaired) electrons. The Morgan fingerprint density at radius 3 is 2.25 bits per heavy atom. The van der Waals surface area contributed by atoms with Crippen molar-refractivity contribution in [3.63, 3.8) is 0 Å². The van der Waals surface area contributed by atoms with Gasteiger partial charge in [0.05, 0.1) is 0 Å². The monoisotopic (exact) mass is 227 g/mol. The molecule has 2 heteroatoms. The average Bonchev–Trinajstić information content (AvgIpc) is 2.36. The highest BCUT2D eigenvalue weighted by atomic mass is 16.3. The van der Waals surface area contributed by atoms with Crippen LogP contribution in [-0.4, -0.2) is 35.7 Å². The van der Waals surface area contributed by atoms with E-state index in [2.05, 4.69) is 25.7 Å². The van der Waals surface area contributed by atoms with E-state index in [1.807, 2.05) is 0 Å². The Morgan fingerprint density at radius 2 is 1.81 bits per heavy atom. The van der Waals surface area contributed by atoms with Crippen LogP contribution in [-0.2, 0) is 0 Å². The number of aliphatic hydroxyl groups is 1. The largest absolute Gasteiger partial charge is 0.396 e. The Balaban J connectivity index is 2.52. The summed E-state index contributed by atoms with van der Waals surface area (Å²) in [5, 5.41) is 9.50. The van der Waals surface area contributed by atoms with Gasteiger partial charge in [-0.3, -0.25) is 0 Å². The van der Waals surface area contributed by atoms with Gasteiger partial charge in [-0.05, 0) is 25.8 Å². The summed E-state index contributed by atoms with van der Waals surface area (Å²) in [5.41, 5.74) is 0.0907. The molecule has 0 aromatic carbocycles. The molecule has 0 aromatic rings. The van der Waals surface area contributed by atoms with Gasteiger partial charge in [0.25, 0.3) is 0 Å². The van der Waals surface area contributed by atoms with Gasteiger partial charge >= 0.3 is 0 Å². The molecule has 1 atom stereocenters. The topological polar surface area (TPSA) is 23.5 Å². The van der Waals surface area contributed by atoms with Crippen LogP contribution in [0.1, 0.15) is 59.3 Å². The van der Waals surface area contributed by atoms with E-state index in [0.717, 1.165) is 25.6 Å². The zero-order valence-electron chi connectivity index (χ0n) is 11.3. The number of rotatable bonds is 6. The van der Waals surface area contributed by atoms with Crippen LogP contribution in [0.5, 0.6) is 0 Å². The van der Waals surface area contributed by atoms with Crippen LogP contribution in [0.15, 0.2) is 0 Å². The Labute approximate surface area is 101 Å². The molecule has 16 heavy (non-hydrogen) atoms. The summed E-state index contributed by atoms with van der Waals surface area (Å²) >= 11 is 0. The van der Waals surface area contributed by atoms with Crippen molar-refractivity contribution in [2.75, 3.05) is 19.7 Å². The molecule has 1 fully saturated rings. The molecular weight excluding hydrogens is 198 g/mol. The third kappa shape index (κ3) is 3.74. The molecule has 0 aromatic heterocycles. The molecule has 1 unspecified atom stereocenters. The van der Waals surface area contributed by atoms with E-state index >= 15 is 0 Å². The van der Waals surface area contributed by atoms with Crippen LogP contribution in [0.25, 0.3) is 0 Å². The van der Waals surface area contributed by atoms with Crippen molar-refractivity contribution in [3.05, 3.63) is 0 Å². The van der Waals surface area contributed by atoms with Gasteiger partial charge in [0.2, 0.25) is 0 Å². The number of hydrogen-bond acceptors (Lipinski definition) is 2. The molecule has 96 valence electrons. The van der Waals surface area contributed by atoms with Gasteiger partial charge in [0, 0.05) is 24.6 Å². The average molecular weight is 227 g/mol. The molecule has 1 rings (SSSR count). The third-order valence-electron chi connectivity index (χ3n) is 4.32. The maximum Gasteiger partial charge on any atom is 0.0496 e. The third-order valence-corrected chi connectivity index (χ3v) is 4.32. The van der Waals surface area contributed by atoms with Crippen molar-refractivity contribution in [2.45, 2.75) is 65.3 Å². The van der Waals surface area contributed by atoms with E-state index in [-0.39, 0.29) is 5.41 Å². The molecule has 0 amide bonds. The van der Waals surface area contributed by atoms with Gasteiger partial charge in [0.15, 0.2) is 0 Å². The molecule has 2 nitrogen and oxygen atoms in total. The lowest BCUT2D eigenvalue weighted by Gasteiger charge is -2.39. The van der Waals surface area contributed by atoms with E-state index < -0.39 is 0 Å². The van der Waals surface area contributed by atoms with Crippen LogP contribution in [0, 0.1) is 5.41 Å². The molecule has 0 bridgehead atoms. The van der Waals surface area contributed by atoms with Crippen molar-refractivity contribution in [1.29, 1.82) is 0 Å². The summed E-state index contributed by atoms with van der Waals surface area (Å²) in [7, 11) is 0. The SMILES string of the molecule is CCN(CC(C)(CC)CO)C1CCCCC1. The fourth-order valence-corrected chi connectivity index (χ4v) is 2.71. The van der Waals surface area contributed by atoms with E-state index in [0.29, 0.717) is 6.61 Å². The van der Waals surface area contributed by atoms with Crippen molar-refractivity contribution in [3.8, 4) is 0 Å². The minimum atomic E-state index is 0.0907. The summed E-state index contributed by atoms with van der Waals surface area (Å²) in [4.78, 5) is 2.60. The van der Waals surface area contributed by atoms with Gasteiger partial charge in [0.1, 0.15) is 0 Å². The van der Waals surface area contributed by atoms with E-state index in [4.69, 9.17) is 0 Å². The number of aliphatic hydroxyl groups excluding tert-OH is 1. The van der Waals surface area contributed by atoms with Gasteiger partial charge < -0.3 is 10.0 Å². The van der Waals surface area contributed by atoms with E-state index in [1.54, 1.807) is 0 Å². The molecule has 0 saturated heterocycles. The molecule has 1 saturated carbocycles. The van der Waals surface area contributed by atoms with Gasteiger partial charge in [-0.25, -0.2) is 0 Å². The molecule has 1 N–H and O–H groups in total. The second kappa shape index (κ2) is 6.61. The smallest absolute Gasteiger partial charge is 0.0496 e.